The second-order valence-electron chi connectivity index (χ2n) is 3.35. The smallest absolute Gasteiger partial charge is 0.379 e. The highest BCUT2D eigenvalue weighted by Gasteiger charge is 2.32. The fourth-order valence-corrected chi connectivity index (χ4v) is 1.59. The monoisotopic (exact) mass is 291 g/mol. The second kappa shape index (κ2) is 6.29. The van der Waals surface area contributed by atoms with Crippen molar-refractivity contribution in [3.8, 4) is 5.40 Å². The minimum atomic E-state index is -4.63. The molecule has 1 rings (SSSR count). The lowest BCUT2D eigenvalue weighted by Gasteiger charge is -2.09. The molecule has 0 aliphatic carbocycles. The molecule has 1 N–H and O–H groups in total. The normalized spacial score (nSPS) is 10.8. The van der Waals surface area contributed by atoms with Crippen LogP contribution in [0.2, 0.25) is 0 Å². The van der Waals surface area contributed by atoms with Crippen molar-refractivity contribution in [2.75, 3.05) is 17.6 Å². The first kappa shape index (κ1) is 15.1. The summed E-state index contributed by atoms with van der Waals surface area (Å²) in [5.41, 5.74) is -1.72. The van der Waals surface area contributed by atoms with Gasteiger partial charge in [0.25, 0.3) is 5.69 Å². The highest BCUT2D eigenvalue weighted by Crippen LogP contribution is 2.34. The van der Waals surface area contributed by atoms with Crippen LogP contribution in [0.4, 0.5) is 24.5 Å². The molecule has 0 aromatic heterocycles. The lowest BCUT2D eigenvalue weighted by atomic mass is 10.1. The van der Waals surface area contributed by atoms with Gasteiger partial charge in [-0.05, 0) is 23.9 Å². The van der Waals surface area contributed by atoms with Gasteiger partial charge in [0.05, 0.1) is 10.5 Å². The molecule has 102 valence electrons. The van der Waals surface area contributed by atoms with E-state index in [1.165, 1.54) is 0 Å². The van der Waals surface area contributed by atoms with Crippen molar-refractivity contribution in [3.63, 3.8) is 0 Å². The summed E-state index contributed by atoms with van der Waals surface area (Å²) < 4.78 is 37.3. The minimum absolute atomic E-state index is 0.00320. The maximum absolute atomic E-state index is 12.4. The van der Waals surface area contributed by atoms with Crippen molar-refractivity contribution in [1.82, 2.24) is 0 Å². The van der Waals surface area contributed by atoms with Gasteiger partial charge in [-0.3, -0.25) is 10.1 Å². The van der Waals surface area contributed by atoms with E-state index in [1.807, 2.05) is 5.40 Å². The van der Waals surface area contributed by atoms with E-state index in [-0.39, 0.29) is 12.2 Å². The SMILES string of the molecule is N#CSCCNc1ccc(C(F)(F)F)cc1[N+](=O)[O-]. The molecular weight excluding hydrogens is 283 g/mol. The zero-order chi connectivity index (χ0) is 14.5. The molecule has 0 aliphatic heterocycles. The van der Waals surface area contributed by atoms with Crippen molar-refractivity contribution >= 4 is 23.1 Å². The number of thioether (sulfide) groups is 1. The third kappa shape index (κ3) is 4.33. The van der Waals surface area contributed by atoms with Gasteiger partial charge in [0.2, 0.25) is 0 Å². The van der Waals surface area contributed by atoms with Gasteiger partial charge in [-0.2, -0.15) is 18.4 Å². The summed E-state index contributed by atoms with van der Waals surface area (Å²) in [6.45, 7) is 0.241. The van der Waals surface area contributed by atoms with Crippen molar-refractivity contribution in [2.45, 2.75) is 6.18 Å². The van der Waals surface area contributed by atoms with E-state index < -0.39 is 22.4 Å². The summed E-state index contributed by atoms with van der Waals surface area (Å²) in [6, 6.07) is 2.27. The van der Waals surface area contributed by atoms with E-state index in [2.05, 4.69) is 5.32 Å². The van der Waals surface area contributed by atoms with Crippen molar-refractivity contribution < 1.29 is 18.1 Å². The van der Waals surface area contributed by atoms with Gasteiger partial charge in [-0.1, -0.05) is 0 Å². The Labute approximate surface area is 110 Å². The largest absolute Gasteiger partial charge is 0.416 e. The summed E-state index contributed by atoms with van der Waals surface area (Å²) in [5, 5.41) is 23.5. The Morgan fingerprint density at radius 3 is 2.68 bits per heavy atom. The molecule has 0 aliphatic rings. The third-order valence-corrected chi connectivity index (χ3v) is 2.64. The third-order valence-electron chi connectivity index (χ3n) is 2.11. The van der Waals surface area contributed by atoms with E-state index in [0.29, 0.717) is 11.8 Å². The first-order valence-electron chi connectivity index (χ1n) is 4.96. The Hall–Kier alpha value is -1.95. The molecule has 9 heteroatoms. The maximum atomic E-state index is 12.4. The zero-order valence-electron chi connectivity index (χ0n) is 9.40. The number of nitrogens with one attached hydrogen (secondary N) is 1. The number of nitriles is 1. The van der Waals surface area contributed by atoms with Crippen molar-refractivity contribution in [1.29, 1.82) is 5.26 Å². The average Bonchev–Trinajstić information content (AvgIpc) is 2.33. The number of halogens is 3. The van der Waals surface area contributed by atoms with Crippen LogP contribution in [-0.2, 0) is 6.18 Å². The molecule has 0 saturated heterocycles. The van der Waals surface area contributed by atoms with Crippen molar-refractivity contribution in [3.05, 3.63) is 33.9 Å². The van der Waals surface area contributed by atoms with Crippen LogP contribution >= 0.6 is 11.8 Å². The summed E-state index contributed by atoms with van der Waals surface area (Å²) in [6.07, 6.45) is -4.63. The van der Waals surface area contributed by atoms with E-state index in [1.54, 1.807) is 0 Å². The summed E-state index contributed by atoms with van der Waals surface area (Å²) in [4.78, 5) is 9.85. The molecule has 1 aromatic rings. The zero-order valence-corrected chi connectivity index (χ0v) is 10.2. The molecule has 0 fully saturated rings. The van der Waals surface area contributed by atoms with Gasteiger partial charge in [0, 0.05) is 18.4 Å². The molecule has 0 heterocycles. The van der Waals surface area contributed by atoms with E-state index >= 15 is 0 Å². The highest BCUT2D eigenvalue weighted by molar-refractivity contribution is 8.03. The van der Waals surface area contributed by atoms with Crippen LogP contribution < -0.4 is 5.32 Å². The summed E-state index contributed by atoms with van der Waals surface area (Å²) >= 11 is 0.942. The van der Waals surface area contributed by atoms with Crippen LogP contribution in [0.1, 0.15) is 5.56 Å². The minimum Gasteiger partial charge on any atom is -0.379 e. The number of anilines is 1. The average molecular weight is 291 g/mol. The summed E-state index contributed by atoms with van der Waals surface area (Å²) in [5.74, 6) is 0.370. The molecule has 0 amide bonds. The van der Waals surface area contributed by atoms with E-state index in [9.17, 15) is 23.3 Å². The first-order chi connectivity index (χ1) is 8.86. The Morgan fingerprint density at radius 1 is 1.47 bits per heavy atom. The van der Waals surface area contributed by atoms with Crippen LogP contribution in [0.3, 0.4) is 0 Å². The molecule has 0 bridgehead atoms. The maximum Gasteiger partial charge on any atom is 0.416 e. The molecular formula is C10H8F3N3O2S. The molecule has 0 spiro atoms. The number of hydrogen-bond acceptors (Lipinski definition) is 5. The molecule has 1 aromatic carbocycles. The van der Waals surface area contributed by atoms with Gasteiger partial charge in [-0.25, -0.2) is 0 Å². The van der Waals surface area contributed by atoms with Gasteiger partial charge in [0.15, 0.2) is 0 Å². The van der Waals surface area contributed by atoms with E-state index in [0.717, 1.165) is 23.9 Å². The number of nitro groups is 1. The predicted octanol–water partition coefficient (Wildman–Crippen LogP) is 3.24. The number of benzene rings is 1. The van der Waals surface area contributed by atoms with Crippen LogP contribution in [0.5, 0.6) is 0 Å². The number of nitro benzene ring substituents is 1. The molecule has 0 saturated carbocycles. The van der Waals surface area contributed by atoms with Crippen LogP contribution in [0.25, 0.3) is 0 Å². The number of nitrogens with zero attached hydrogens (tertiary/aromatic N) is 2. The van der Waals surface area contributed by atoms with Gasteiger partial charge in [0.1, 0.15) is 11.1 Å². The van der Waals surface area contributed by atoms with Crippen LogP contribution in [-0.4, -0.2) is 17.2 Å². The predicted molar refractivity (Wildman–Crippen MR) is 64.7 cm³/mol. The molecule has 19 heavy (non-hydrogen) atoms. The van der Waals surface area contributed by atoms with Gasteiger partial charge >= 0.3 is 6.18 Å². The standard InChI is InChI=1S/C10H8F3N3O2S/c11-10(12,13)7-1-2-8(9(5-7)16(17)18)15-3-4-19-6-14/h1-2,5,15H,3-4H2. The quantitative estimate of drug-likeness (QED) is 0.390. The number of hydrogen-bond donors (Lipinski definition) is 1. The van der Waals surface area contributed by atoms with Crippen LogP contribution in [0, 0.1) is 20.8 Å². The number of thiocyanates is 1. The fraction of sp³-hybridized carbons (Fsp3) is 0.300. The number of alkyl halides is 3. The molecule has 5 nitrogen and oxygen atoms in total. The van der Waals surface area contributed by atoms with Gasteiger partial charge in [-0.15, -0.1) is 0 Å². The Kier molecular flexibility index (Phi) is 5.00. The topological polar surface area (TPSA) is 79.0 Å². The van der Waals surface area contributed by atoms with Crippen molar-refractivity contribution in [2.24, 2.45) is 0 Å². The highest BCUT2D eigenvalue weighted by atomic mass is 32.2. The Balaban J connectivity index is 2.93. The Morgan fingerprint density at radius 2 is 2.16 bits per heavy atom. The first-order valence-corrected chi connectivity index (χ1v) is 5.95. The molecule has 0 radical (unpaired) electrons. The molecule has 0 unspecified atom stereocenters. The lowest BCUT2D eigenvalue weighted by molar-refractivity contribution is -0.384. The number of rotatable bonds is 5. The second-order valence-corrected chi connectivity index (χ2v) is 4.23. The summed E-state index contributed by atoms with van der Waals surface area (Å²) in [7, 11) is 0. The molecule has 0 atom stereocenters. The fourth-order valence-electron chi connectivity index (χ4n) is 1.29. The van der Waals surface area contributed by atoms with Crippen LogP contribution in [0.15, 0.2) is 18.2 Å². The lowest BCUT2D eigenvalue weighted by Crippen LogP contribution is -2.09. The van der Waals surface area contributed by atoms with Gasteiger partial charge < -0.3 is 5.32 Å². The Bertz CT molecular complexity index is 514. The van der Waals surface area contributed by atoms with E-state index in [4.69, 9.17) is 5.26 Å².